The van der Waals surface area contributed by atoms with E-state index in [1.807, 2.05) is 45.0 Å². The molecule has 26 heavy (non-hydrogen) atoms. The van der Waals surface area contributed by atoms with Crippen LogP contribution in [-0.2, 0) is 27.4 Å². The third-order valence-electron chi connectivity index (χ3n) is 4.37. The third-order valence-corrected chi connectivity index (χ3v) is 4.37. The lowest BCUT2D eigenvalue weighted by Crippen LogP contribution is -2.45. The molecule has 142 valence electrons. The van der Waals surface area contributed by atoms with E-state index >= 15 is 0 Å². The van der Waals surface area contributed by atoms with Crippen molar-refractivity contribution in [2.45, 2.75) is 52.7 Å². The first-order valence-corrected chi connectivity index (χ1v) is 8.96. The summed E-state index contributed by atoms with van der Waals surface area (Å²) < 4.78 is 8.09. The number of rotatable bonds is 8. The van der Waals surface area contributed by atoms with Crippen LogP contribution in [0, 0.1) is 5.92 Å². The summed E-state index contributed by atoms with van der Waals surface area (Å²) in [7, 11) is 1.30. The number of aromatic nitrogens is 2. The van der Waals surface area contributed by atoms with Crippen LogP contribution in [-0.4, -0.2) is 34.2 Å². The third kappa shape index (κ3) is 4.15. The topological polar surface area (TPSA) is 82.3 Å². The minimum atomic E-state index is -0.689. The molecular formula is C19H27N3O4. The van der Waals surface area contributed by atoms with E-state index in [1.54, 1.807) is 9.13 Å². The van der Waals surface area contributed by atoms with Crippen molar-refractivity contribution >= 4 is 22.9 Å². The van der Waals surface area contributed by atoms with Gasteiger partial charge in [-0.25, -0.2) is 9.59 Å². The van der Waals surface area contributed by atoms with Crippen LogP contribution < -0.4 is 11.0 Å². The van der Waals surface area contributed by atoms with Crippen LogP contribution in [0.1, 0.15) is 33.6 Å². The standard InChI is InChI=1S/C19H27N3O4/c1-5-11-21-14-8-6-7-9-15(14)22(19(21)25)12-10-16(23)20-17(13(2)3)18(24)26-4/h6-9,13,17H,5,10-12H2,1-4H3,(H,20,23)/t17-/m0/s1. The van der Waals surface area contributed by atoms with Gasteiger partial charge in [-0.3, -0.25) is 13.9 Å². The number of methoxy groups -OCH3 is 1. The summed E-state index contributed by atoms with van der Waals surface area (Å²) in [5.41, 5.74) is 1.57. The normalized spacial score (nSPS) is 12.3. The Kier molecular flexibility index (Phi) is 6.60. The number of ether oxygens (including phenoxy) is 1. The molecule has 0 aliphatic rings. The van der Waals surface area contributed by atoms with Crippen LogP contribution in [0.4, 0.5) is 0 Å². The largest absolute Gasteiger partial charge is 0.467 e. The highest BCUT2D eigenvalue weighted by Crippen LogP contribution is 2.13. The number of fused-ring (bicyclic) bond motifs is 1. The van der Waals surface area contributed by atoms with Crippen molar-refractivity contribution in [3.05, 3.63) is 34.7 Å². The molecule has 7 heteroatoms. The highest BCUT2D eigenvalue weighted by atomic mass is 16.5. The van der Waals surface area contributed by atoms with Gasteiger partial charge in [0.15, 0.2) is 0 Å². The molecule has 0 aliphatic heterocycles. The second kappa shape index (κ2) is 8.69. The molecule has 1 aromatic carbocycles. The summed E-state index contributed by atoms with van der Waals surface area (Å²) in [6.45, 7) is 6.59. The first-order valence-electron chi connectivity index (χ1n) is 8.96. The maximum absolute atomic E-state index is 12.7. The highest BCUT2D eigenvalue weighted by Gasteiger charge is 2.25. The summed E-state index contributed by atoms with van der Waals surface area (Å²) >= 11 is 0. The van der Waals surface area contributed by atoms with Gasteiger partial charge in [-0.15, -0.1) is 0 Å². The predicted molar refractivity (Wildman–Crippen MR) is 99.9 cm³/mol. The lowest BCUT2D eigenvalue weighted by atomic mass is 10.0. The Bertz CT molecular complexity index is 835. The molecule has 7 nitrogen and oxygen atoms in total. The minimum Gasteiger partial charge on any atom is -0.467 e. The van der Waals surface area contributed by atoms with E-state index in [2.05, 4.69) is 5.32 Å². The molecule has 1 N–H and O–H groups in total. The van der Waals surface area contributed by atoms with Crippen LogP contribution in [0.15, 0.2) is 29.1 Å². The molecule has 1 aromatic heterocycles. The number of hydrogen-bond donors (Lipinski definition) is 1. The summed E-state index contributed by atoms with van der Waals surface area (Å²) in [6.07, 6.45) is 0.962. The van der Waals surface area contributed by atoms with E-state index in [9.17, 15) is 14.4 Å². The molecule has 1 heterocycles. The molecule has 0 radical (unpaired) electrons. The first kappa shape index (κ1) is 19.8. The number of nitrogens with one attached hydrogen (secondary N) is 1. The number of para-hydroxylation sites is 2. The van der Waals surface area contributed by atoms with Gasteiger partial charge in [-0.1, -0.05) is 32.9 Å². The fraction of sp³-hybridized carbons (Fsp3) is 0.526. The first-order chi connectivity index (χ1) is 12.4. The van der Waals surface area contributed by atoms with Gasteiger partial charge in [-0.2, -0.15) is 0 Å². The van der Waals surface area contributed by atoms with Gasteiger partial charge >= 0.3 is 11.7 Å². The van der Waals surface area contributed by atoms with Gasteiger partial charge in [0, 0.05) is 19.5 Å². The molecule has 1 amide bonds. The van der Waals surface area contributed by atoms with Gasteiger partial charge in [0.05, 0.1) is 18.1 Å². The van der Waals surface area contributed by atoms with Crippen molar-refractivity contribution < 1.29 is 14.3 Å². The van der Waals surface area contributed by atoms with Crippen molar-refractivity contribution in [1.29, 1.82) is 0 Å². The summed E-state index contributed by atoms with van der Waals surface area (Å²) in [5, 5.41) is 2.70. The Balaban J connectivity index is 2.17. The Morgan fingerprint density at radius 1 is 1.12 bits per heavy atom. The Labute approximate surface area is 152 Å². The quantitative estimate of drug-likeness (QED) is 0.728. The number of imidazole rings is 1. The average Bonchev–Trinajstić information content (AvgIpc) is 2.89. The number of aryl methyl sites for hydroxylation is 2. The number of hydrogen-bond acceptors (Lipinski definition) is 4. The Morgan fingerprint density at radius 2 is 1.69 bits per heavy atom. The van der Waals surface area contributed by atoms with E-state index in [-0.39, 0.29) is 30.5 Å². The zero-order chi connectivity index (χ0) is 19.3. The van der Waals surface area contributed by atoms with Crippen LogP contribution in [0.5, 0.6) is 0 Å². The average molecular weight is 361 g/mol. The molecule has 0 saturated carbocycles. The number of carbonyl (C=O) groups excluding carboxylic acids is 2. The van der Waals surface area contributed by atoms with Crippen molar-refractivity contribution in [3.8, 4) is 0 Å². The lowest BCUT2D eigenvalue weighted by Gasteiger charge is -2.19. The van der Waals surface area contributed by atoms with Crippen molar-refractivity contribution in [2.24, 2.45) is 5.92 Å². The molecule has 2 rings (SSSR count). The molecule has 0 aliphatic carbocycles. The number of carbonyl (C=O) groups is 2. The molecule has 0 fully saturated rings. The van der Waals surface area contributed by atoms with Crippen molar-refractivity contribution in [1.82, 2.24) is 14.5 Å². The van der Waals surface area contributed by atoms with Gasteiger partial charge in [0.25, 0.3) is 0 Å². The smallest absolute Gasteiger partial charge is 0.329 e. The number of esters is 1. The van der Waals surface area contributed by atoms with E-state index in [0.29, 0.717) is 6.54 Å². The second-order valence-corrected chi connectivity index (χ2v) is 6.64. The number of benzene rings is 1. The van der Waals surface area contributed by atoms with E-state index < -0.39 is 12.0 Å². The molecule has 0 bridgehead atoms. The van der Waals surface area contributed by atoms with Gasteiger partial charge in [0.1, 0.15) is 6.04 Å². The van der Waals surface area contributed by atoms with Gasteiger partial charge in [-0.05, 0) is 24.5 Å². The molecule has 2 aromatic rings. The Hall–Kier alpha value is -2.57. The van der Waals surface area contributed by atoms with Crippen molar-refractivity contribution in [2.75, 3.05) is 7.11 Å². The molecule has 0 unspecified atom stereocenters. The zero-order valence-corrected chi connectivity index (χ0v) is 15.8. The van der Waals surface area contributed by atoms with Crippen LogP contribution >= 0.6 is 0 Å². The summed E-state index contributed by atoms with van der Waals surface area (Å²) in [4.78, 5) is 36.8. The summed E-state index contributed by atoms with van der Waals surface area (Å²) in [5.74, 6) is -0.834. The summed E-state index contributed by atoms with van der Waals surface area (Å²) in [6, 6.07) is 6.88. The monoisotopic (exact) mass is 361 g/mol. The van der Waals surface area contributed by atoms with Crippen molar-refractivity contribution in [3.63, 3.8) is 0 Å². The maximum atomic E-state index is 12.7. The zero-order valence-electron chi connectivity index (χ0n) is 15.8. The molecule has 1 atom stereocenters. The fourth-order valence-corrected chi connectivity index (χ4v) is 3.01. The fourth-order valence-electron chi connectivity index (χ4n) is 3.01. The maximum Gasteiger partial charge on any atom is 0.329 e. The highest BCUT2D eigenvalue weighted by molar-refractivity contribution is 5.84. The van der Waals surface area contributed by atoms with E-state index in [1.165, 1.54) is 7.11 Å². The van der Waals surface area contributed by atoms with Gasteiger partial charge < -0.3 is 10.1 Å². The number of amides is 1. The van der Waals surface area contributed by atoms with Crippen LogP contribution in [0.3, 0.4) is 0 Å². The van der Waals surface area contributed by atoms with E-state index in [4.69, 9.17) is 4.74 Å². The van der Waals surface area contributed by atoms with Crippen LogP contribution in [0.2, 0.25) is 0 Å². The second-order valence-electron chi connectivity index (χ2n) is 6.64. The molecular weight excluding hydrogens is 334 g/mol. The lowest BCUT2D eigenvalue weighted by molar-refractivity contribution is -0.146. The molecule has 0 saturated heterocycles. The van der Waals surface area contributed by atoms with Crippen LogP contribution in [0.25, 0.3) is 11.0 Å². The minimum absolute atomic E-state index is 0.0828. The Morgan fingerprint density at radius 3 is 2.19 bits per heavy atom. The SMILES string of the molecule is CCCn1c(=O)n(CCC(=O)N[C@H](C(=O)OC)C(C)C)c2ccccc21. The number of nitrogens with zero attached hydrogens (tertiary/aromatic N) is 2. The van der Waals surface area contributed by atoms with E-state index in [0.717, 1.165) is 17.5 Å². The van der Waals surface area contributed by atoms with Gasteiger partial charge in [0.2, 0.25) is 5.91 Å². The molecule has 0 spiro atoms. The predicted octanol–water partition coefficient (Wildman–Crippen LogP) is 1.92.